The monoisotopic (exact) mass is 1280 g/mol. The lowest BCUT2D eigenvalue weighted by Crippen LogP contribution is -2.64. The van der Waals surface area contributed by atoms with Gasteiger partial charge in [0.05, 0.1) is 36.3 Å². The summed E-state index contributed by atoms with van der Waals surface area (Å²) in [5.74, 6) is -6.91. The predicted octanol–water partition coefficient (Wildman–Crippen LogP) is 4.52. The zero-order valence-electron chi connectivity index (χ0n) is 54.7. The third kappa shape index (κ3) is 18.6. The number of rotatable bonds is 10. The number of fused-ring (bicyclic) bond motifs is 1. The van der Waals surface area contributed by atoms with Gasteiger partial charge in [-0.3, -0.25) is 52.8 Å². The number of amides is 10. The Bertz CT molecular complexity index is 2710. The van der Waals surface area contributed by atoms with E-state index in [4.69, 9.17) is 11.6 Å². The number of carbonyl (C=O) groups is 10. The molecule has 2 aliphatic heterocycles. The molecule has 89 heavy (non-hydrogen) atoms. The number of aryl methyl sites for hydroxylation is 1. The summed E-state index contributed by atoms with van der Waals surface area (Å²) in [7, 11) is 10.3. The molecule has 1 aromatic rings. The highest BCUT2D eigenvalue weighted by atomic mass is 35.5. The molecule has 26 heteroatoms. The number of carbonyl (C=O) groups excluding carboxylic acids is 10. The minimum atomic E-state index is -4.74. The largest absolute Gasteiger partial charge is 0.417 e. The maximum absolute atomic E-state index is 15.1. The van der Waals surface area contributed by atoms with E-state index in [1.165, 1.54) is 70.7 Å². The van der Waals surface area contributed by atoms with E-state index in [0.717, 1.165) is 41.2 Å². The van der Waals surface area contributed by atoms with Crippen molar-refractivity contribution in [3.63, 3.8) is 0 Å². The van der Waals surface area contributed by atoms with Crippen LogP contribution in [0.15, 0.2) is 18.2 Å². The van der Waals surface area contributed by atoms with Crippen molar-refractivity contribution in [1.82, 2.24) is 55.1 Å². The highest BCUT2D eigenvalue weighted by molar-refractivity contribution is 6.31. The Morgan fingerprint density at radius 3 is 1.89 bits per heavy atom. The lowest BCUT2D eigenvalue weighted by molar-refractivity contribution is -0.153. The molecule has 5 rings (SSSR count). The van der Waals surface area contributed by atoms with Crippen LogP contribution in [0.3, 0.4) is 0 Å². The standard InChI is InChI=1S/C63H99ClF3N11O11/c1-15-39(6)53-59(87)73(10)35-51(81)71(8)36-52(82)76(13)48(33-41-20-18-21-41)58(86)72(9)34-49(79)68-45(26-24-42-23-25-43(44(64)32-42)63(65,66)67)57(85)78-29-19-22-46(78)56(84)70-62(27-16-17-28-62)61(89)77(14)54(38(4)5)60(88)74(11)40(7)31-50(80)75(12)47(30-37(2)3)55(83)69-53/h23,25,32,37-41,45-48,50,53-54,80H,15-22,24,26-31,33-36H2,1-14H3,(H,68,79)(H,69,83)(H,70,84)/t39-,40+,45-,46-,47-,48-,50?,53-,54-/m0/s1. The quantitative estimate of drug-likeness (QED) is 0.253. The number of nitrogens with zero attached hydrogens (tertiary/aromatic N) is 8. The van der Waals surface area contributed by atoms with E-state index in [0.29, 0.717) is 31.2 Å². The van der Waals surface area contributed by atoms with Crippen molar-refractivity contribution in [2.45, 2.75) is 205 Å². The van der Waals surface area contributed by atoms with Crippen molar-refractivity contribution in [1.29, 1.82) is 0 Å². The van der Waals surface area contributed by atoms with Crippen LogP contribution in [0.5, 0.6) is 0 Å². The molecular weight excluding hydrogens is 1180 g/mol. The van der Waals surface area contributed by atoms with E-state index in [-0.39, 0.29) is 69.7 Å². The van der Waals surface area contributed by atoms with Crippen molar-refractivity contribution in [2.75, 3.05) is 75.5 Å². The average molecular weight is 1280 g/mol. The second-order valence-electron chi connectivity index (χ2n) is 26.4. The number of halogens is 4. The molecule has 4 aliphatic rings. The Hall–Kier alpha value is -6.08. The van der Waals surface area contributed by atoms with Gasteiger partial charge in [0, 0.05) is 61.3 Å². The summed E-state index contributed by atoms with van der Waals surface area (Å²) in [6, 6.07) is -4.22. The van der Waals surface area contributed by atoms with Crippen molar-refractivity contribution < 1.29 is 66.2 Å². The zero-order valence-corrected chi connectivity index (χ0v) is 55.5. The zero-order chi connectivity index (χ0) is 66.7. The second-order valence-corrected chi connectivity index (χ2v) is 26.8. The number of hydrogen-bond acceptors (Lipinski definition) is 12. The highest BCUT2D eigenvalue weighted by Crippen LogP contribution is 2.37. The van der Waals surface area contributed by atoms with Gasteiger partial charge in [-0.2, -0.15) is 13.2 Å². The van der Waals surface area contributed by atoms with Gasteiger partial charge in [-0.1, -0.05) is 97.7 Å². The second kappa shape index (κ2) is 31.8. The summed E-state index contributed by atoms with van der Waals surface area (Å²) in [6.45, 7) is 11.3. The molecule has 0 bridgehead atoms. The summed E-state index contributed by atoms with van der Waals surface area (Å²) >= 11 is 6.10. The Balaban J connectivity index is 1.54. The van der Waals surface area contributed by atoms with Crippen LogP contribution in [0.25, 0.3) is 0 Å². The summed E-state index contributed by atoms with van der Waals surface area (Å²) in [6.07, 6.45) is -0.745. The molecule has 0 radical (unpaired) electrons. The van der Waals surface area contributed by atoms with Gasteiger partial charge in [-0.05, 0) is 107 Å². The van der Waals surface area contributed by atoms with E-state index in [1.807, 2.05) is 20.8 Å². The van der Waals surface area contributed by atoms with Crippen LogP contribution in [0.1, 0.15) is 149 Å². The van der Waals surface area contributed by atoms with E-state index in [2.05, 4.69) is 16.0 Å². The number of benzene rings is 1. The molecule has 2 aliphatic carbocycles. The molecule has 2 saturated heterocycles. The van der Waals surface area contributed by atoms with Crippen LogP contribution >= 0.6 is 11.6 Å². The molecule has 4 fully saturated rings. The van der Waals surface area contributed by atoms with Crippen LogP contribution in [0.2, 0.25) is 5.02 Å². The van der Waals surface area contributed by atoms with Gasteiger partial charge in [0.1, 0.15) is 42.0 Å². The molecule has 500 valence electrons. The summed E-state index contributed by atoms with van der Waals surface area (Å²) < 4.78 is 41.2. The van der Waals surface area contributed by atoms with E-state index in [9.17, 15) is 61.4 Å². The lowest BCUT2D eigenvalue weighted by atomic mass is 9.80. The molecule has 0 aromatic heterocycles. The first-order valence-corrected chi connectivity index (χ1v) is 31.9. The van der Waals surface area contributed by atoms with Crippen LogP contribution in [-0.2, 0) is 60.5 Å². The minimum absolute atomic E-state index is 0.0352. The van der Waals surface area contributed by atoms with E-state index in [1.54, 1.807) is 41.8 Å². The fourth-order valence-corrected chi connectivity index (χ4v) is 13.0. The first-order chi connectivity index (χ1) is 41.5. The Morgan fingerprint density at radius 1 is 0.708 bits per heavy atom. The van der Waals surface area contributed by atoms with Crippen LogP contribution in [-0.4, -0.2) is 233 Å². The van der Waals surface area contributed by atoms with Crippen molar-refractivity contribution >= 4 is 70.7 Å². The highest BCUT2D eigenvalue weighted by Gasteiger charge is 2.50. The number of nitrogens with one attached hydrogen (secondary N) is 3. The first-order valence-electron chi connectivity index (χ1n) is 31.6. The molecule has 4 N–H and O–H groups in total. The third-order valence-corrected chi connectivity index (χ3v) is 19.2. The van der Waals surface area contributed by atoms with Gasteiger partial charge in [0.25, 0.3) is 0 Å². The lowest BCUT2D eigenvalue weighted by Gasteiger charge is -2.41. The number of likely N-dealkylation sites (N-methyl/N-ethyl adjacent to an activating group) is 7. The number of alkyl halides is 3. The summed E-state index contributed by atoms with van der Waals surface area (Å²) in [5.41, 5.74) is -2.23. The Labute approximate surface area is 528 Å². The maximum Gasteiger partial charge on any atom is 0.417 e. The van der Waals surface area contributed by atoms with E-state index >= 15 is 4.79 Å². The molecular formula is C63H99ClF3N11O11. The van der Waals surface area contributed by atoms with Crippen LogP contribution in [0, 0.1) is 23.7 Å². The average Bonchev–Trinajstić information content (AvgIpc) is 3.85. The molecule has 10 amide bonds. The molecule has 1 unspecified atom stereocenters. The maximum atomic E-state index is 15.1. The SMILES string of the molecule is CC[C@H](C)[C@@H]1NC(=O)[C@H](CC(C)C)N(C)C(O)C[C@@H](C)N(C)C(=O)[C@H](C(C)C)N(C)C(=O)C2(CCCC2)NC(=O)[C@@H]2CCCN2C(=O)[C@H](CCc2ccc(C(F)(F)F)c(Cl)c2)NC(=O)CN(C)C(=O)[C@H](CC2CCC2)N(C)C(=O)CN(C)C(=O)CN(C)C1=O. The number of aliphatic hydroxyl groups excluding tert-OH is 1. The van der Waals surface area contributed by atoms with Crippen LogP contribution in [0.4, 0.5) is 13.2 Å². The predicted molar refractivity (Wildman–Crippen MR) is 329 cm³/mol. The fraction of sp³-hybridized carbons (Fsp3) is 0.746. The van der Waals surface area contributed by atoms with Crippen LogP contribution < -0.4 is 16.0 Å². The van der Waals surface area contributed by atoms with Gasteiger partial charge in [0.15, 0.2) is 0 Å². The van der Waals surface area contributed by atoms with Gasteiger partial charge in [-0.25, -0.2) is 0 Å². The van der Waals surface area contributed by atoms with Gasteiger partial charge in [-0.15, -0.1) is 0 Å². The molecule has 9 atom stereocenters. The Morgan fingerprint density at radius 2 is 1.33 bits per heavy atom. The first kappa shape index (κ1) is 73.7. The van der Waals surface area contributed by atoms with Crippen molar-refractivity contribution in [3.05, 3.63) is 34.3 Å². The molecule has 2 saturated carbocycles. The van der Waals surface area contributed by atoms with Gasteiger partial charge >= 0.3 is 6.18 Å². The summed E-state index contributed by atoms with van der Waals surface area (Å²) in [4.78, 5) is 156. The van der Waals surface area contributed by atoms with Gasteiger partial charge < -0.3 is 55.4 Å². The van der Waals surface area contributed by atoms with Crippen molar-refractivity contribution in [3.8, 4) is 0 Å². The normalized spacial score (nSPS) is 27.4. The minimum Gasteiger partial charge on any atom is -0.378 e. The Kier molecular flexibility index (Phi) is 26.3. The molecule has 22 nitrogen and oxygen atoms in total. The van der Waals surface area contributed by atoms with Crippen molar-refractivity contribution in [2.24, 2.45) is 23.7 Å². The number of aliphatic hydroxyl groups is 1. The van der Waals surface area contributed by atoms with Gasteiger partial charge in [0.2, 0.25) is 59.1 Å². The molecule has 2 heterocycles. The third-order valence-electron chi connectivity index (χ3n) is 18.9. The molecule has 1 spiro atoms. The number of hydrogen-bond donors (Lipinski definition) is 4. The van der Waals surface area contributed by atoms with E-state index < -0.39 is 161 Å². The molecule has 1 aromatic carbocycles. The fourth-order valence-electron chi connectivity index (χ4n) is 12.6. The smallest absolute Gasteiger partial charge is 0.378 e. The topological polar surface area (TPSA) is 253 Å². The summed E-state index contributed by atoms with van der Waals surface area (Å²) in [5, 5.41) is 20.0.